The maximum atomic E-state index is 13.4. The van der Waals surface area contributed by atoms with Gasteiger partial charge in [0, 0.05) is 17.8 Å². The van der Waals surface area contributed by atoms with Crippen molar-refractivity contribution in [3.8, 4) is 5.75 Å². The molecule has 2 bridgehead atoms. The van der Waals surface area contributed by atoms with E-state index in [-0.39, 0.29) is 34.7 Å². The molecule has 1 aromatic carbocycles. The Bertz CT molecular complexity index is 947. The normalized spacial score (nSPS) is 24.1. The molecule has 2 aromatic rings. The van der Waals surface area contributed by atoms with Gasteiger partial charge in [-0.1, -0.05) is 11.6 Å². The topological polar surface area (TPSA) is 93.2 Å². The summed E-state index contributed by atoms with van der Waals surface area (Å²) in [6, 6.07) is 4.00. The molecule has 0 saturated heterocycles. The number of carbonyl (C=O) groups is 2. The summed E-state index contributed by atoms with van der Waals surface area (Å²) < 4.78 is 18.7. The lowest BCUT2D eigenvalue weighted by Gasteiger charge is -2.69. The summed E-state index contributed by atoms with van der Waals surface area (Å²) in [6.07, 6.45) is 5.12. The Labute approximate surface area is 172 Å². The second-order valence-electron chi connectivity index (χ2n) is 7.84. The third kappa shape index (κ3) is 3.89. The van der Waals surface area contributed by atoms with E-state index in [0.717, 1.165) is 11.8 Å². The summed E-state index contributed by atoms with van der Waals surface area (Å²) in [5.74, 6) is -0.698. The van der Waals surface area contributed by atoms with Crippen molar-refractivity contribution in [2.75, 3.05) is 6.61 Å². The highest BCUT2D eigenvalue weighted by atomic mass is 35.5. The van der Waals surface area contributed by atoms with Gasteiger partial charge in [-0.05, 0) is 38.3 Å². The Morgan fingerprint density at radius 2 is 2.00 bits per heavy atom. The number of aryl methyl sites for hydroxylation is 1. The maximum absolute atomic E-state index is 13.4. The van der Waals surface area contributed by atoms with Gasteiger partial charge in [-0.3, -0.25) is 19.6 Å². The standard InChI is InChI=1S/C20H20ClFN4O3/c1-12-5-24-13(6-23-12)7-25-18(28)19-9-20(10-19,11-19)26-17(27)8-29-14-2-3-15(21)16(22)4-14/h2-6H,7-11H2,1H3,(H,25,28)(H,26,27). The van der Waals surface area contributed by atoms with Crippen molar-refractivity contribution in [2.45, 2.75) is 38.3 Å². The van der Waals surface area contributed by atoms with Gasteiger partial charge < -0.3 is 15.4 Å². The van der Waals surface area contributed by atoms with E-state index in [4.69, 9.17) is 16.3 Å². The molecule has 0 radical (unpaired) electrons. The minimum absolute atomic E-state index is 0.00587. The second-order valence-corrected chi connectivity index (χ2v) is 8.24. The number of carbonyl (C=O) groups excluding carboxylic acids is 2. The van der Waals surface area contributed by atoms with Gasteiger partial charge in [0.15, 0.2) is 6.61 Å². The van der Waals surface area contributed by atoms with E-state index in [1.165, 1.54) is 12.1 Å². The first kappa shape index (κ1) is 19.6. The third-order valence-corrected chi connectivity index (χ3v) is 5.75. The molecular formula is C20H20ClFN4O3. The molecule has 5 rings (SSSR count). The van der Waals surface area contributed by atoms with Crippen LogP contribution in [0.3, 0.4) is 0 Å². The van der Waals surface area contributed by atoms with Crippen molar-refractivity contribution in [3.05, 3.63) is 52.8 Å². The fraction of sp³-hybridized carbons (Fsp3) is 0.400. The molecule has 0 atom stereocenters. The Hall–Kier alpha value is -2.74. The monoisotopic (exact) mass is 418 g/mol. The third-order valence-electron chi connectivity index (χ3n) is 5.44. The van der Waals surface area contributed by atoms with Crippen molar-refractivity contribution in [3.63, 3.8) is 0 Å². The number of rotatable bonds is 7. The molecule has 2 N–H and O–H groups in total. The molecular weight excluding hydrogens is 399 g/mol. The Morgan fingerprint density at radius 1 is 1.24 bits per heavy atom. The zero-order valence-corrected chi connectivity index (χ0v) is 16.6. The predicted molar refractivity (Wildman–Crippen MR) is 103 cm³/mol. The first-order valence-electron chi connectivity index (χ1n) is 9.24. The second kappa shape index (κ2) is 7.26. The lowest BCUT2D eigenvalue weighted by atomic mass is 9.39. The van der Waals surface area contributed by atoms with E-state index in [0.29, 0.717) is 31.5 Å². The summed E-state index contributed by atoms with van der Waals surface area (Å²) in [5, 5.41) is 5.82. The van der Waals surface area contributed by atoms with Gasteiger partial charge in [-0.25, -0.2) is 4.39 Å². The van der Waals surface area contributed by atoms with E-state index < -0.39 is 11.2 Å². The van der Waals surface area contributed by atoms with Gasteiger partial charge in [-0.2, -0.15) is 0 Å². The molecule has 29 heavy (non-hydrogen) atoms. The number of nitrogens with zero attached hydrogens (tertiary/aromatic N) is 2. The van der Waals surface area contributed by atoms with Crippen LogP contribution >= 0.6 is 11.6 Å². The van der Waals surface area contributed by atoms with Crippen molar-refractivity contribution in [2.24, 2.45) is 5.41 Å². The fourth-order valence-corrected chi connectivity index (χ4v) is 4.20. The molecule has 1 heterocycles. The number of nitrogens with one attached hydrogen (secondary N) is 2. The fourth-order valence-electron chi connectivity index (χ4n) is 4.08. The number of ether oxygens (including phenoxy) is 1. The van der Waals surface area contributed by atoms with E-state index >= 15 is 0 Å². The van der Waals surface area contributed by atoms with Gasteiger partial charge in [0.25, 0.3) is 5.91 Å². The molecule has 3 fully saturated rings. The highest BCUT2D eigenvalue weighted by Gasteiger charge is 2.72. The predicted octanol–water partition coefficient (Wildman–Crippen LogP) is 2.31. The van der Waals surface area contributed by atoms with Crippen LogP contribution in [-0.4, -0.2) is 33.9 Å². The summed E-state index contributed by atoms with van der Waals surface area (Å²) >= 11 is 5.62. The van der Waals surface area contributed by atoms with E-state index in [9.17, 15) is 14.0 Å². The zero-order chi connectivity index (χ0) is 20.6. The SMILES string of the molecule is Cc1cnc(CNC(=O)C23CC(NC(=O)COc4ccc(Cl)c(F)c4)(C2)C3)cn1. The minimum atomic E-state index is -0.603. The van der Waals surface area contributed by atoms with Crippen molar-refractivity contribution >= 4 is 23.4 Å². The molecule has 3 saturated carbocycles. The van der Waals surface area contributed by atoms with Gasteiger partial charge in [0.1, 0.15) is 11.6 Å². The Balaban J connectivity index is 1.21. The van der Waals surface area contributed by atoms with Crippen molar-refractivity contribution in [1.82, 2.24) is 20.6 Å². The number of hydrogen-bond acceptors (Lipinski definition) is 5. The van der Waals surface area contributed by atoms with Gasteiger partial charge in [-0.15, -0.1) is 0 Å². The summed E-state index contributed by atoms with van der Waals surface area (Å²) in [7, 11) is 0. The number of benzene rings is 1. The number of aromatic nitrogens is 2. The molecule has 0 spiro atoms. The highest BCUT2D eigenvalue weighted by molar-refractivity contribution is 6.30. The van der Waals surface area contributed by atoms with Crippen LogP contribution in [0.25, 0.3) is 0 Å². The van der Waals surface area contributed by atoms with Crippen LogP contribution in [0.1, 0.15) is 30.7 Å². The molecule has 1 aromatic heterocycles. The quantitative estimate of drug-likeness (QED) is 0.719. The van der Waals surface area contributed by atoms with Crippen molar-refractivity contribution < 1.29 is 18.7 Å². The van der Waals surface area contributed by atoms with Crippen molar-refractivity contribution in [1.29, 1.82) is 0 Å². The highest BCUT2D eigenvalue weighted by Crippen LogP contribution is 2.67. The summed E-state index contributed by atoms with van der Waals surface area (Å²) in [4.78, 5) is 33.0. The average molecular weight is 419 g/mol. The lowest BCUT2D eigenvalue weighted by Crippen LogP contribution is -2.78. The first-order chi connectivity index (χ1) is 13.8. The largest absolute Gasteiger partial charge is 0.484 e. The zero-order valence-electron chi connectivity index (χ0n) is 15.8. The first-order valence-corrected chi connectivity index (χ1v) is 9.62. The lowest BCUT2D eigenvalue weighted by molar-refractivity contribution is -0.184. The Morgan fingerprint density at radius 3 is 2.66 bits per heavy atom. The molecule has 7 nitrogen and oxygen atoms in total. The van der Waals surface area contributed by atoms with Crippen LogP contribution in [0, 0.1) is 18.2 Å². The molecule has 152 valence electrons. The van der Waals surface area contributed by atoms with E-state index in [2.05, 4.69) is 20.6 Å². The van der Waals surface area contributed by atoms with Gasteiger partial charge in [0.05, 0.1) is 34.6 Å². The number of hydrogen-bond donors (Lipinski definition) is 2. The van der Waals surface area contributed by atoms with Crippen LogP contribution in [0.2, 0.25) is 5.02 Å². The van der Waals surface area contributed by atoms with Crippen LogP contribution in [0.4, 0.5) is 4.39 Å². The number of amides is 2. The molecule has 0 unspecified atom stereocenters. The summed E-state index contributed by atoms with van der Waals surface area (Å²) in [6.45, 7) is 1.95. The maximum Gasteiger partial charge on any atom is 0.258 e. The van der Waals surface area contributed by atoms with E-state index in [1.807, 2.05) is 6.92 Å². The van der Waals surface area contributed by atoms with Crippen LogP contribution in [0.5, 0.6) is 5.75 Å². The molecule has 2 amide bonds. The molecule has 9 heteroatoms. The van der Waals surface area contributed by atoms with Crippen LogP contribution < -0.4 is 15.4 Å². The number of halogens is 2. The summed E-state index contributed by atoms with van der Waals surface area (Å²) in [5.41, 5.74) is 0.773. The molecule has 0 aliphatic heterocycles. The van der Waals surface area contributed by atoms with Gasteiger partial charge in [0.2, 0.25) is 5.91 Å². The van der Waals surface area contributed by atoms with Gasteiger partial charge >= 0.3 is 0 Å². The van der Waals surface area contributed by atoms with Crippen LogP contribution in [-0.2, 0) is 16.1 Å². The molecule has 3 aliphatic carbocycles. The smallest absolute Gasteiger partial charge is 0.258 e. The van der Waals surface area contributed by atoms with Crippen LogP contribution in [0.15, 0.2) is 30.6 Å². The van der Waals surface area contributed by atoms with E-state index in [1.54, 1.807) is 12.4 Å². The minimum Gasteiger partial charge on any atom is -0.484 e. The molecule has 3 aliphatic rings. The Kier molecular flexibility index (Phi) is 4.90. The average Bonchev–Trinajstić information content (AvgIpc) is 2.63.